The third kappa shape index (κ3) is 6.47. The molecule has 0 aromatic carbocycles. The summed E-state index contributed by atoms with van der Waals surface area (Å²) in [7, 11) is 1.60. The van der Waals surface area contributed by atoms with E-state index in [4.69, 9.17) is 9.84 Å². The highest BCUT2D eigenvalue weighted by molar-refractivity contribution is 5.73. The van der Waals surface area contributed by atoms with Crippen molar-refractivity contribution in [1.29, 1.82) is 0 Å². The van der Waals surface area contributed by atoms with Gasteiger partial charge in [0.2, 0.25) is 0 Å². The van der Waals surface area contributed by atoms with Crippen LogP contribution in [-0.4, -0.2) is 36.4 Å². The Bertz CT molecular complexity index is 202. The summed E-state index contributed by atoms with van der Waals surface area (Å²) in [4.78, 5) is 11.0. The molecule has 0 saturated carbocycles. The van der Waals surface area contributed by atoms with Crippen LogP contribution in [0, 0.1) is 5.92 Å². The van der Waals surface area contributed by atoms with Gasteiger partial charge in [-0.05, 0) is 26.3 Å². The van der Waals surface area contributed by atoms with Crippen LogP contribution in [0.3, 0.4) is 0 Å². The molecule has 0 heterocycles. The maximum Gasteiger partial charge on any atom is 0.320 e. The van der Waals surface area contributed by atoms with Crippen molar-refractivity contribution >= 4 is 5.97 Å². The van der Waals surface area contributed by atoms with Gasteiger partial charge in [-0.15, -0.1) is 0 Å². The summed E-state index contributed by atoms with van der Waals surface area (Å²) in [5.74, 6) is -0.377. The van der Waals surface area contributed by atoms with E-state index in [2.05, 4.69) is 5.32 Å². The molecule has 0 aliphatic rings. The normalized spacial score (nSPS) is 14.3. The second kappa shape index (κ2) is 6.08. The first-order chi connectivity index (χ1) is 6.78. The van der Waals surface area contributed by atoms with Gasteiger partial charge in [0.15, 0.2) is 0 Å². The average Bonchev–Trinajstić information content (AvgIpc) is 2.11. The summed E-state index contributed by atoms with van der Waals surface area (Å²) >= 11 is 0. The molecule has 0 rings (SSSR count). The Morgan fingerprint density at radius 1 is 1.47 bits per heavy atom. The number of ether oxygens (including phenoxy) is 1. The average molecular weight is 217 g/mol. The molecular formula is C11H23NO3. The molecule has 2 N–H and O–H groups in total. The largest absolute Gasteiger partial charge is 0.480 e. The predicted octanol–water partition coefficient (Wildman–Crippen LogP) is 1.50. The molecule has 1 unspecified atom stereocenters. The van der Waals surface area contributed by atoms with Gasteiger partial charge in [-0.1, -0.05) is 13.8 Å². The zero-order chi connectivity index (χ0) is 12.1. The van der Waals surface area contributed by atoms with Crippen molar-refractivity contribution in [2.75, 3.05) is 13.7 Å². The van der Waals surface area contributed by atoms with Crippen molar-refractivity contribution in [2.24, 2.45) is 5.92 Å². The van der Waals surface area contributed by atoms with Crippen LogP contribution in [0.5, 0.6) is 0 Å². The van der Waals surface area contributed by atoms with Crippen molar-refractivity contribution in [2.45, 2.75) is 45.8 Å². The fourth-order valence-electron chi connectivity index (χ4n) is 1.20. The Labute approximate surface area is 92.0 Å². The summed E-state index contributed by atoms with van der Waals surface area (Å²) in [5, 5.41) is 12.1. The van der Waals surface area contributed by atoms with Crippen LogP contribution >= 0.6 is 0 Å². The zero-order valence-electron chi connectivity index (χ0n) is 10.3. The number of carboxylic acids is 1. The van der Waals surface area contributed by atoms with Crippen molar-refractivity contribution in [3.8, 4) is 0 Å². The van der Waals surface area contributed by atoms with E-state index in [-0.39, 0.29) is 0 Å². The first-order valence-corrected chi connectivity index (χ1v) is 5.30. The zero-order valence-corrected chi connectivity index (χ0v) is 10.3. The smallest absolute Gasteiger partial charge is 0.320 e. The molecule has 0 aromatic heterocycles. The van der Waals surface area contributed by atoms with Gasteiger partial charge in [0.25, 0.3) is 0 Å². The second-order valence-corrected chi connectivity index (χ2v) is 4.86. The van der Waals surface area contributed by atoms with E-state index in [0.717, 1.165) is 0 Å². The highest BCUT2D eigenvalue weighted by Crippen LogP contribution is 2.15. The van der Waals surface area contributed by atoms with Crippen molar-refractivity contribution in [1.82, 2.24) is 5.32 Å². The lowest BCUT2D eigenvalue weighted by Crippen LogP contribution is -2.44. The van der Waals surface area contributed by atoms with Gasteiger partial charge < -0.3 is 15.2 Å². The van der Waals surface area contributed by atoms with E-state index < -0.39 is 17.6 Å². The molecule has 0 aliphatic heterocycles. The molecule has 4 heteroatoms. The number of carboxylic acid groups (broad SMARTS) is 1. The van der Waals surface area contributed by atoms with Gasteiger partial charge in [-0.25, -0.2) is 0 Å². The van der Waals surface area contributed by atoms with Gasteiger partial charge in [-0.3, -0.25) is 4.79 Å². The number of methoxy groups -OCH3 is 1. The highest BCUT2D eigenvalue weighted by Gasteiger charge is 2.27. The van der Waals surface area contributed by atoms with Gasteiger partial charge >= 0.3 is 5.97 Å². The van der Waals surface area contributed by atoms with E-state index in [1.54, 1.807) is 7.11 Å². The minimum atomic E-state index is -0.819. The molecule has 0 aliphatic carbocycles. The molecule has 0 amide bonds. The van der Waals surface area contributed by atoms with E-state index >= 15 is 0 Å². The molecular weight excluding hydrogens is 194 g/mol. The number of rotatable bonds is 7. The summed E-state index contributed by atoms with van der Waals surface area (Å²) < 4.78 is 5.22. The third-order valence-electron chi connectivity index (χ3n) is 2.32. The Hall–Kier alpha value is -0.610. The molecule has 0 bridgehead atoms. The Morgan fingerprint density at radius 2 is 2.00 bits per heavy atom. The maximum absolute atomic E-state index is 11.0. The molecule has 15 heavy (non-hydrogen) atoms. The summed E-state index contributed by atoms with van der Waals surface area (Å²) in [6, 6.07) is -0.539. The first kappa shape index (κ1) is 14.4. The standard InChI is InChI=1S/C11H23NO3/c1-8(2)7-12-9(10(13)14)6-11(3,4)15-5/h8-9,12H,6-7H2,1-5H3,(H,13,14). The fourth-order valence-corrected chi connectivity index (χ4v) is 1.20. The minimum Gasteiger partial charge on any atom is -0.480 e. The van der Waals surface area contributed by atoms with Gasteiger partial charge in [0.05, 0.1) is 5.60 Å². The number of hydrogen-bond donors (Lipinski definition) is 2. The maximum atomic E-state index is 11.0. The monoisotopic (exact) mass is 217 g/mol. The quantitative estimate of drug-likeness (QED) is 0.678. The molecule has 0 radical (unpaired) electrons. The third-order valence-corrected chi connectivity index (χ3v) is 2.32. The van der Waals surface area contributed by atoms with E-state index in [1.165, 1.54) is 0 Å². The van der Waals surface area contributed by atoms with E-state index in [0.29, 0.717) is 18.9 Å². The lowest BCUT2D eigenvalue weighted by Gasteiger charge is -2.27. The van der Waals surface area contributed by atoms with Crippen molar-refractivity contribution in [3.63, 3.8) is 0 Å². The molecule has 0 fully saturated rings. The molecule has 4 nitrogen and oxygen atoms in total. The van der Waals surface area contributed by atoms with Gasteiger partial charge in [0.1, 0.15) is 6.04 Å². The van der Waals surface area contributed by atoms with Crippen molar-refractivity contribution in [3.05, 3.63) is 0 Å². The highest BCUT2D eigenvalue weighted by atomic mass is 16.5. The summed E-state index contributed by atoms with van der Waals surface area (Å²) in [5.41, 5.74) is -0.410. The SMILES string of the molecule is COC(C)(C)CC(NCC(C)C)C(=O)O. The van der Waals surface area contributed by atoms with E-state index in [1.807, 2.05) is 27.7 Å². The predicted molar refractivity (Wildman–Crippen MR) is 60.0 cm³/mol. The molecule has 0 saturated heterocycles. The van der Waals surface area contributed by atoms with Crippen molar-refractivity contribution < 1.29 is 14.6 Å². The van der Waals surface area contributed by atoms with E-state index in [9.17, 15) is 4.79 Å². The fraction of sp³-hybridized carbons (Fsp3) is 0.909. The first-order valence-electron chi connectivity index (χ1n) is 5.30. The number of carbonyl (C=O) groups is 1. The lowest BCUT2D eigenvalue weighted by molar-refractivity contribution is -0.141. The number of nitrogens with one attached hydrogen (secondary N) is 1. The van der Waals surface area contributed by atoms with Crippen LogP contribution in [-0.2, 0) is 9.53 Å². The summed E-state index contributed by atoms with van der Waals surface area (Å²) in [6.07, 6.45) is 0.464. The molecule has 1 atom stereocenters. The molecule has 0 spiro atoms. The van der Waals surface area contributed by atoms with Crippen LogP contribution in [0.4, 0.5) is 0 Å². The van der Waals surface area contributed by atoms with Gasteiger partial charge in [-0.2, -0.15) is 0 Å². The van der Waals surface area contributed by atoms with Crippen LogP contribution in [0.15, 0.2) is 0 Å². The number of aliphatic carboxylic acids is 1. The Kier molecular flexibility index (Phi) is 5.83. The van der Waals surface area contributed by atoms with Crippen LogP contribution in [0.25, 0.3) is 0 Å². The van der Waals surface area contributed by atoms with Crippen LogP contribution in [0.1, 0.15) is 34.1 Å². The van der Waals surface area contributed by atoms with Crippen LogP contribution in [0.2, 0.25) is 0 Å². The minimum absolute atomic E-state index is 0.410. The molecule has 0 aromatic rings. The van der Waals surface area contributed by atoms with Gasteiger partial charge in [0, 0.05) is 13.5 Å². The molecule has 90 valence electrons. The topological polar surface area (TPSA) is 58.6 Å². The Morgan fingerprint density at radius 3 is 2.33 bits per heavy atom. The Balaban J connectivity index is 4.22. The summed E-state index contributed by atoms with van der Waals surface area (Å²) in [6.45, 7) is 8.58. The van der Waals surface area contributed by atoms with Crippen LogP contribution < -0.4 is 5.32 Å². The lowest BCUT2D eigenvalue weighted by atomic mass is 9.98. The number of hydrogen-bond acceptors (Lipinski definition) is 3. The second-order valence-electron chi connectivity index (χ2n) is 4.86.